The fourth-order valence-electron chi connectivity index (χ4n) is 1.06. The Hall–Kier alpha value is -0.570. The van der Waals surface area contributed by atoms with E-state index in [1.165, 1.54) is 6.07 Å². The van der Waals surface area contributed by atoms with Crippen LogP contribution in [0.3, 0.4) is 0 Å². The number of hydrogen-bond acceptors (Lipinski definition) is 1. The lowest BCUT2D eigenvalue weighted by Gasteiger charge is -2.12. The molecule has 1 atom stereocenters. The summed E-state index contributed by atoms with van der Waals surface area (Å²) in [6.07, 6.45) is 1.10. The number of halogens is 2. The Labute approximate surface area is 92.8 Å². The van der Waals surface area contributed by atoms with Gasteiger partial charge in [-0.1, -0.05) is 36.2 Å². The van der Waals surface area contributed by atoms with Crippen molar-refractivity contribution in [1.82, 2.24) is 0 Å². The summed E-state index contributed by atoms with van der Waals surface area (Å²) >= 11 is 3.31. The molecule has 3 heteroatoms. The van der Waals surface area contributed by atoms with E-state index in [9.17, 15) is 4.39 Å². The van der Waals surface area contributed by atoms with Gasteiger partial charge >= 0.3 is 0 Å². The number of hydrogen-bond donors (Lipinski definition) is 1. The molecule has 0 heterocycles. The van der Waals surface area contributed by atoms with Crippen molar-refractivity contribution in [3.05, 3.63) is 28.5 Å². The van der Waals surface area contributed by atoms with Gasteiger partial charge in [-0.05, 0) is 24.1 Å². The lowest BCUT2D eigenvalue weighted by atomic mass is 10.1. The van der Waals surface area contributed by atoms with Crippen molar-refractivity contribution in [2.45, 2.75) is 20.3 Å². The summed E-state index contributed by atoms with van der Waals surface area (Å²) in [6, 6.07) is 4.92. The molecule has 1 unspecified atom stereocenters. The van der Waals surface area contributed by atoms with Gasteiger partial charge in [0.05, 0.1) is 5.69 Å². The van der Waals surface area contributed by atoms with Crippen molar-refractivity contribution in [2.24, 2.45) is 5.92 Å². The van der Waals surface area contributed by atoms with Crippen molar-refractivity contribution >= 4 is 21.6 Å². The third-order valence-corrected chi connectivity index (χ3v) is 2.76. The highest BCUT2D eigenvalue weighted by molar-refractivity contribution is 9.10. The Kier molecular flexibility index (Phi) is 4.39. The number of nitrogens with one attached hydrogen (secondary N) is 1. The first-order valence-electron chi connectivity index (χ1n) is 4.82. The monoisotopic (exact) mass is 259 g/mol. The molecule has 1 aromatic rings. The quantitative estimate of drug-likeness (QED) is 0.861. The van der Waals surface area contributed by atoms with Crippen LogP contribution in [0, 0.1) is 11.7 Å². The maximum Gasteiger partial charge on any atom is 0.146 e. The molecular formula is C11H15BrFN. The minimum atomic E-state index is -0.198. The van der Waals surface area contributed by atoms with Gasteiger partial charge in [-0.3, -0.25) is 0 Å². The number of rotatable bonds is 4. The molecule has 1 rings (SSSR count). The molecule has 1 aromatic carbocycles. The molecule has 0 saturated carbocycles. The van der Waals surface area contributed by atoms with Crippen molar-refractivity contribution < 1.29 is 4.39 Å². The molecule has 0 saturated heterocycles. The predicted octanol–water partition coefficient (Wildman–Crippen LogP) is 4.05. The van der Waals surface area contributed by atoms with E-state index in [4.69, 9.17) is 0 Å². The first-order valence-corrected chi connectivity index (χ1v) is 5.61. The first kappa shape index (κ1) is 11.5. The smallest absolute Gasteiger partial charge is 0.146 e. The molecule has 1 nitrogen and oxygen atoms in total. The fraction of sp³-hybridized carbons (Fsp3) is 0.455. The van der Waals surface area contributed by atoms with Crippen molar-refractivity contribution in [3.63, 3.8) is 0 Å². The van der Waals surface area contributed by atoms with Gasteiger partial charge < -0.3 is 5.32 Å². The standard InChI is InChI=1S/C11H15BrFN/c1-3-8(2)7-14-11-6-9(12)4-5-10(11)13/h4-6,8,14H,3,7H2,1-2H3. The van der Waals surface area contributed by atoms with E-state index in [1.54, 1.807) is 12.1 Å². The largest absolute Gasteiger partial charge is 0.382 e. The van der Waals surface area contributed by atoms with Crippen LogP contribution >= 0.6 is 15.9 Å². The zero-order valence-electron chi connectivity index (χ0n) is 8.48. The molecule has 0 aliphatic carbocycles. The molecule has 0 fully saturated rings. The van der Waals surface area contributed by atoms with E-state index in [1.807, 2.05) is 0 Å². The summed E-state index contributed by atoms with van der Waals surface area (Å²) in [5.41, 5.74) is 0.569. The first-order chi connectivity index (χ1) is 6.63. The van der Waals surface area contributed by atoms with Crippen LogP contribution in [0.2, 0.25) is 0 Å². The fourth-order valence-corrected chi connectivity index (χ4v) is 1.42. The van der Waals surface area contributed by atoms with Gasteiger partial charge in [-0.2, -0.15) is 0 Å². The average Bonchev–Trinajstić information content (AvgIpc) is 2.19. The van der Waals surface area contributed by atoms with Crippen LogP contribution in [-0.4, -0.2) is 6.54 Å². The Bertz CT molecular complexity index is 301. The Morgan fingerprint density at radius 1 is 1.50 bits per heavy atom. The highest BCUT2D eigenvalue weighted by Crippen LogP contribution is 2.20. The van der Waals surface area contributed by atoms with Crippen LogP contribution in [0.5, 0.6) is 0 Å². The van der Waals surface area contributed by atoms with Crippen LogP contribution < -0.4 is 5.32 Å². The lowest BCUT2D eigenvalue weighted by Crippen LogP contribution is -2.11. The molecule has 0 spiro atoms. The third-order valence-electron chi connectivity index (χ3n) is 2.27. The molecule has 1 N–H and O–H groups in total. The average molecular weight is 260 g/mol. The second-order valence-corrected chi connectivity index (χ2v) is 4.43. The molecule has 78 valence electrons. The second-order valence-electron chi connectivity index (χ2n) is 3.52. The van der Waals surface area contributed by atoms with Gasteiger partial charge in [-0.25, -0.2) is 4.39 Å². The van der Waals surface area contributed by atoms with E-state index in [0.29, 0.717) is 11.6 Å². The minimum absolute atomic E-state index is 0.198. The highest BCUT2D eigenvalue weighted by atomic mass is 79.9. The maximum atomic E-state index is 13.2. The molecule has 0 bridgehead atoms. The maximum absolute atomic E-state index is 13.2. The van der Waals surface area contributed by atoms with E-state index >= 15 is 0 Å². The Morgan fingerprint density at radius 2 is 2.21 bits per heavy atom. The summed E-state index contributed by atoms with van der Waals surface area (Å²) in [5, 5.41) is 3.10. The van der Waals surface area contributed by atoms with Crippen LogP contribution in [0.1, 0.15) is 20.3 Å². The van der Waals surface area contributed by atoms with E-state index < -0.39 is 0 Å². The molecule has 14 heavy (non-hydrogen) atoms. The van der Waals surface area contributed by atoms with E-state index in [-0.39, 0.29) is 5.82 Å². The van der Waals surface area contributed by atoms with Gasteiger partial charge in [0.15, 0.2) is 0 Å². The van der Waals surface area contributed by atoms with E-state index in [0.717, 1.165) is 17.4 Å². The van der Waals surface area contributed by atoms with Crippen molar-refractivity contribution in [1.29, 1.82) is 0 Å². The van der Waals surface area contributed by atoms with Crippen LogP contribution in [0.4, 0.5) is 10.1 Å². The van der Waals surface area contributed by atoms with Gasteiger partial charge in [0.2, 0.25) is 0 Å². The zero-order chi connectivity index (χ0) is 10.6. The number of anilines is 1. The number of benzene rings is 1. The third kappa shape index (κ3) is 3.29. The molecule has 0 aliphatic rings. The molecule has 0 amide bonds. The predicted molar refractivity (Wildman–Crippen MR) is 62.0 cm³/mol. The lowest BCUT2D eigenvalue weighted by molar-refractivity contribution is 0.585. The summed E-state index contributed by atoms with van der Waals surface area (Å²) in [5.74, 6) is 0.366. The second kappa shape index (κ2) is 5.35. The van der Waals surface area contributed by atoms with Crippen LogP contribution in [0.25, 0.3) is 0 Å². The van der Waals surface area contributed by atoms with Crippen molar-refractivity contribution in [3.8, 4) is 0 Å². The SMILES string of the molecule is CCC(C)CNc1cc(Br)ccc1F. The Morgan fingerprint density at radius 3 is 2.86 bits per heavy atom. The van der Waals surface area contributed by atoms with Gasteiger partial charge in [0, 0.05) is 11.0 Å². The van der Waals surface area contributed by atoms with Crippen molar-refractivity contribution in [2.75, 3.05) is 11.9 Å². The molecule has 0 aliphatic heterocycles. The van der Waals surface area contributed by atoms with Crippen LogP contribution in [0.15, 0.2) is 22.7 Å². The van der Waals surface area contributed by atoms with Gasteiger partial charge in [-0.15, -0.1) is 0 Å². The Balaban J connectivity index is 2.62. The topological polar surface area (TPSA) is 12.0 Å². The summed E-state index contributed by atoms with van der Waals surface area (Å²) in [6.45, 7) is 5.08. The normalized spacial score (nSPS) is 12.6. The summed E-state index contributed by atoms with van der Waals surface area (Å²) < 4.78 is 14.1. The minimum Gasteiger partial charge on any atom is -0.382 e. The van der Waals surface area contributed by atoms with E-state index in [2.05, 4.69) is 35.1 Å². The summed E-state index contributed by atoms with van der Waals surface area (Å²) in [4.78, 5) is 0. The molecule has 0 radical (unpaired) electrons. The summed E-state index contributed by atoms with van der Waals surface area (Å²) in [7, 11) is 0. The van der Waals surface area contributed by atoms with Gasteiger partial charge in [0.1, 0.15) is 5.82 Å². The molecular weight excluding hydrogens is 245 g/mol. The molecule has 0 aromatic heterocycles. The zero-order valence-corrected chi connectivity index (χ0v) is 10.1. The highest BCUT2D eigenvalue weighted by Gasteiger charge is 2.03. The van der Waals surface area contributed by atoms with Gasteiger partial charge in [0.25, 0.3) is 0 Å². The van der Waals surface area contributed by atoms with Crippen LogP contribution in [-0.2, 0) is 0 Å².